The van der Waals surface area contributed by atoms with Crippen LogP contribution in [0, 0.1) is 0 Å². The van der Waals surface area contributed by atoms with Crippen molar-refractivity contribution in [3.05, 3.63) is 41.2 Å². The van der Waals surface area contributed by atoms with Crippen LogP contribution in [-0.2, 0) is 13.1 Å². The van der Waals surface area contributed by atoms with Gasteiger partial charge in [-0.2, -0.15) is 0 Å². The summed E-state index contributed by atoms with van der Waals surface area (Å²) in [5, 5.41) is 6.52. The Morgan fingerprint density at radius 1 is 1.32 bits per heavy atom. The highest BCUT2D eigenvalue weighted by Crippen LogP contribution is 2.20. The highest BCUT2D eigenvalue weighted by atomic mass is 32.1. The Balaban J connectivity index is 1.94. The summed E-state index contributed by atoms with van der Waals surface area (Å²) in [7, 11) is 2.05. The summed E-state index contributed by atoms with van der Waals surface area (Å²) in [6.07, 6.45) is 1.82. The number of nitrogens with zero attached hydrogens (tertiary/aromatic N) is 3. The van der Waals surface area contributed by atoms with Gasteiger partial charge in [0.15, 0.2) is 5.13 Å². The molecular weight excluding hydrogens is 256 g/mol. The molecule has 4 nitrogen and oxygen atoms in total. The van der Waals surface area contributed by atoms with E-state index in [2.05, 4.69) is 39.4 Å². The lowest BCUT2D eigenvalue weighted by Gasteiger charge is -2.14. The van der Waals surface area contributed by atoms with Gasteiger partial charge in [-0.15, -0.1) is 11.3 Å². The molecule has 0 saturated heterocycles. The summed E-state index contributed by atoms with van der Waals surface area (Å²) in [4.78, 5) is 11.1. The molecule has 0 saturated carbocycles. The molecule has 5 heteroatoms. The first-order valence-electron chi connectivity index (χ1n) is 6.44. The zero-order chi connectivity index (χ0) is 13.7. The second-order valence-corrected chi connectivity index (χ2v) is 5.67. The molecule has 0 bridgehead atoms. The minimum absolute atomic E-state index is 0.483. The zero-order valence-electron chi connectivity index (χ0n) is 11.6. The molecule has 1 N–H and O–H groups in total. The van der Waals surface area contributed by atoms with E-state index in [9.17, 15) is 0 Å². The summed E-state index contributed by atoms with van der Waals surface area (Å²) in [5.41, 5.74) is 2.16. The normalized spacial score (nSPS) is 10.9. The standard InChI is InChI=1S/C14H20N4S/c1-11(2)16-8-13-10-19-14(17-13)18(3)9-12-6-4-5-7-15-12/h4-7,10-11,16H,8-9H2,1-3H3. The molecule has 2 rings (SSSR count). The molecule has 0 unspecified atom stereocenters. The van der Waals surface area contributed by atoms with Gasteiger partial charge in [0.25, 0.3) is 0 Å². The fourth-order valence-corrected chi connectivity index (χ4v) is 2.46. The first-order chi connectivity index (χ1) is 9.15. The Labute approximate surface area is 118 Å². The van der Waals surface area contributed by atoms with Crippen molar-refractivity contribution in [3.63, 3.8) is 0 Å². The van der Waals surface area contributed by atoms with Crippen molar-refractivity contribution in [2.45, 2.75) is 33.0 Å². The maximum atomic E-state index is 4.63. The third kappa shape index (κ3) is 4.29. The maximum absolute atomic E-state index is 4.63. The van der Waals surface area contributed by atoms with Crippen LogP contribution in [0.25, 0.3) is 0 Å². The van der Waals surface area contributed by atoms with E-state index >= 15 is 0 Å². The van der Waals surface area contributed by atoms with Crippen LogP contribution < -0.4 is 10.2 Å². The Hall–Kier alpha value is -1.46. The highest BCUT2D eigenvalue weighted by Gasteiger charge is 2.08. The predicted molar refractivity (Wildman–Crippen MR) is 80.4 cm³/mol. The number of anilines is 1. The van der Waals surface area contributed by atoms with Crippen LogP contribution in [0.15, 0.2) is 29.8 Å². The molecule has 2 aromatic heterocycles. The molecule has 102 valence electrons. The van der Waals surface area contributed by atoms with Gasteiger partial charge in [0.2, 0.25) is 0 Å². The Kier molecular flexibility index (Phi) is 4.87. The Bertz CT molecular complexity index is 495. The number of thiazole rings is 1. The van der Waals surface area contributed by atoms with Gasteiger partial charge < -0.3 is 10.2 Å². The average Bonchev–Trinajstić information content (AvgIpc) is 2.86. The van der Waals surface area contributed by atoms with Crippen molar-refractivity contribution >= 4 is 16.5 Å². The number of aromatic nitrogens is 2. The number of nitrogens with one attached hydrogen (secondary N) is 1. The number of hydrogen-bond donors (Lipinski definition) is 1. The quantitative estimate of drug-likeness (QED) is 0.880. The molecule has 0 aromatic carbocycles. The first kappa shape index (κ1) is 14.0. The van der Waals surface area contributed by atoms with Crippen LogP contribution in [0.1, 0.15) is 25.2 Å². The van der Waals surface area contributed by atoms with E-state index in [1.165, 1.54) is 0 Å². The van der Waals surface area contributed by atoms with E-state index in [0.29, 0.717) is 6.04 Å². The molecule has 0 aliphatic heterocycles. The fraction of sp³-hybridized carbons (Fsp3) is 0.429. The highest BCUT2D eigenvalue weighted by molar-refractivity contribution is 7.13. The molecule has 0 radical (unpaired) electrons. The van der Waals surface area contributed by atoms with Gasteiger partial charge in [-0.25, -0.2) is 4.98 Å². The number of pyridine rings is 1. The Morgan fingerprint density at radius 2 is 2.16 bits per heavy atom. The third-order valence-electron chi connectivity index (χ3n) is 2.68. The van der Waals surface area contributed by atoms with Gasteiger partial charge in [-0.3, -0.25) is 4.98 Å². The topological polar surface area (TPSA) is 41.0 Å². The molecule has 0 aliphatic rings. The van der Waals surface area contributed by atoms with Crippen LogP contribution in [-0.4, -0.2) is 23.1 Å². The zero-order valence-corrected chi connectivity index (χ0v) is 12.4. The number of hydrogen-bond acceptors (Lipinski definition) is 5. The van der Waals surface area contributed by atoms with E-state index in [4.69, 9.17) is 0 Å². The second-order valence-electron chi connectivity index (χ2n) is 4.83. The van der Waals surface area contributed by atoms with Crippen molar-refractivity contribution in [3.8, 4) is 0 Å². The van der Waals surface area contributed by atoms with Crippen molar-refractivity contribution in [2.24, 2.45) is 0 Å². The van der Waals surface area contributed by atoms with Crippen molar-refractivity contribution in [2.75, 3.05) is 11.9 Å². The van der Waals surface area contributed by atoms with Crippen LogP contribution >= 0.6 is 11.3 Å². The smallest absolute Gasteiger partial charge is 0.185 e. The van der Waals surface area contributed by atoms with E-state index in [1.54, 1.807) is 11.3 Å². The van der Waals surface area contributed by atoms with E-state index in [-0.39, 0.29) is 0 Å². The molecule has 2 heterocycles. The van der Waals surface area contributed by atoms with Crippen LogP contribution in [0.4, 0.5) is 5.13 Å². The minimum Gasteiger partial charge on any atom is -0.345 e. The van der Waals surface area contributed by atoms with Gasteiger partial charge >= 0.3 is 0 Å². The van der Waals surface area contributed by atoms with Gasteiger partial charge in [0.1, 0.15) is 0 Å². The number of rotatable bonds is 6. The summed E-state index contributed by atoms with van der Waals surface area (Å²) in [5.74, 6) is 0. The summed E-state index contributed by atoms with van der Waals surface area (Å²) in [6.45, 7) is 5.89. The van der Waals surface area contributed by atoms with E-state index in [0.717, 1.165) is 29.6 Å². The monoisotopic (exact) mass is 276 g/mol. The molecule has 0 spiro atoms. The van der Waals surface area contributed by atoms with Crippen molar-refractivity contribution in [1.82, 2.24) is 15.3 Å². The largest absolute Gasteiger partial charge is 0.345 e. The average molecular weight is 276 g/mol. The van der Waals surface area contributed by atoms with Gasteiger partial charge in [-0.05, 0) is 12.1 Å². The first-order valence-corrected chi connectivity index (χ1v) is 7.32. The second kappa shape index (κ2) is 6.63. The lowest BCUT2D eigenvalue weighted by Crippen LogP contribution is -2.22. The summed E-state index contributed by atoms with van der Waals surface area (Å²) < 4.78 is 0. The molecule has 0 fully saturated rings. The van der Waals surface area contributed by atoms with Crippen molar-refractivity contribution < 1.29 is 0 Å². The Morgan fingerprint density at radius 3 is 2.84 bits per heavy atom. The maximum Gasteiger partial charge on any atom is 0.185 e. The predicted octanol–water partition coefficient (Wildman–Crippen LogP) is 2.67. The third-order valence-corrected chi connectivity index (χ3v) is 3.69. The SMILES string of the molecule is CC(C)NCc1csc(N(C)Cc2ccccn2)n1. The molecule has 19 heavy (non-hydrogen) atoms. The molecule has 0 atom stereocenters. The molecule has 0 aliphatic carbocycles. The fourth-order valence-electron chi connectivity index (χ4n) is 1.66. The lowest BCUT2D eigenvalue weighted by molar-refractivity contribution is 0.583. The van der Waals surface area contributed by atoms with Crippen LogP contribution in [0.3, 0.4) is 0 Å². The van der Waals surface area contributed by atoms with Gasteiger partial charge in [0.05, 0.1) is 17.9 Å². The van der Waals surface area contributed by atoms with E-state index < -0.39 is 0 Å². The summed E-state index contributed by atoms with van der Waals surface area (Å²) >= 11 is 1.68. The van der Waals surface area contributed by atoms with Crippen molar-refractivity contribution in [1.29, 1.82) is 0 Å². The molecule has 0 amide bonds. The summed E-state index contributed by atoms with van der Waals surface area (Å²) in [6, 6.07) is 6.46. The molecule has 2 aromatic rings. The lowest BCUT2D eigenvalue weighted by atomic mass is 10.3. The van der Waals surface area contributed by atoms with Crippen LogP contribution in [0.5, 0.6) is 0 Å². The molecular formula is C14H20N4S. The van der Waals surface area contributed by atoms with Crippen LogP contribution in [0.2, 0.25) is 0 Å². The van der Waals surface area contributed by atoms with Gasteiger partial charge in [-0.1, -0.05) is 19.9 Å². The van der Waals surface area contributed by atoms with Gasteiger partial charge in [0, 0.05) is 31.2 Å². The van der Waals surface area contributed by atoms with E-state index in [1.807, 2.05) is 31.4 Å². The minimum atomic E-state index is 0.483.